The lowest BCUT2D eigenvalue weighted by Gasteiger charge is -2.36. The van der Waals surface area contributed by atoms with E-state index in [-0.39, 0.29) is 18.1 Å². The number of hydrogen-bond acceptors (Lipinski definition) is 3. The van der Waals surface area contributed by atoms with Crippen LogP contribution < -0.4 is 4.90 Å². The zero-order chi connectivity index (χ0) is 16.9. The van der Waals surface area contributed by atoms with Crippen LogP contribution in [0.1, 0.15) is 11.1 Å². The summed E-state index contributed by atoms with van der Waals surface area (Å²) in [6, 6.07) is 15.8. The quantitative estimate of drug-likeness (QED) is 0.872. The molecular weight excluding hydrogens is 305 g/mol. The molecule has 0 aliphatic carbocycles. The molecule has 2 aromatic rings. The number of amides is 1. The Bertz CT molecular complexity index is 759. The molecular formula is C19H18FN3O. The number of para-hydroxylation sites is 1. The standard InChI is InChI=1S/C19H18FN3O/c20-17-7-5-15(6-8-17)13-19(24)23-11-9-22(10-12-23)18-4-2-1-3-16(18)14-21/h1-8H,9-13H2. The van der Waals surface area contributed by atoms with Crippen molar-refractivity contribution in [2.24, 2.45) is 0 Å². The number of hydrogen-bond donors (Lipinski definition) is 0. The molecule has 0 radical (unpaired) electrons. The van der Waals surface area contributed by atoms with Gasteiger partial charge in [0.15, 0.2) is 0 Å². The Kier molecular flexibility index (Phi) is 4.76. The molecule has 0 saturated carbocycles. The van der Waals surface area contributed by atoms with E-state index < -0.39 is 0 Å². The van der Waals surface area contributed by atoms with Crippen molar-refractivity contribution in [3.05, 3.63) is 65.5 Å². The third-order valence-electron chi connectivity index (χ3n) is 4.27. The molecule has 1 heterocycles. The van der Waals surface area contributed by atoms with Gasteiger partial charge in [-0.25, -0.2) is 4.39 Å². The highest BCUT2D eigenvalue weighted by Gasteiger charge is 2.22. The first kappa shape index (κ1) is 16.0. The van der Waals surface area contributed by atoms with Crippen LogP contribution in [-0.4, -0.2) is 37.0 Å². The molecule has 0 aromatic heterocycles. The van der Waals surface area contributed by atoms with Gasteiger partial charge in [-0.1, -0.05) is 24.3 Å². The zero-order valence-electron chi connectivity index (χ0n) is 13.3. The Labute approximate surface area is 140 Å². The second-order valence-electron chi connectivity index (χ2n) is 5.80. The highest BCUT2D eigenvalue weighted by Crippen LogP contribution is 2.21. The maximum atomic E-state index is 12.9. The lowest BCUT2D eigenvalue weighted by molar-refractivity contribution is -0.130. The van der Waals surface area contributed by atoms with Gasteiger partial charge in [-0.15, -0.1) is 0 Å². The van der Waals surface area contributed by atoms with Crippen molar-refractivity contribution in [3.8, 4) is 6.07 Å². The fraction of sp³-hybridized carbons (Fsp3) is 0.263. The second-order valence-corrected chi connectivity index (χ2v) is 5.80. The van der Waals surface area contributed by atoms with Crippen LogP contribution in [0.2, 0.25) is 0 Å². The number of carbonyl (C=O) groups excluding carboxylic acids is 1. The van der Waals surface area contributed by atoms with Crippen molar-refractivity contribution in [1.29, 1.82) is 5.26 Å². The topological polar surface area (TPSA) is 47.3 Å². The monoisotopic (exact) mass is 323 g/mol. The summed E-state index contributed by atoms with van der Waals surface area (Å²) >= 11 is 0. The molecule has 2 aromatic carbocycles. The second kappa shape index (κ2) is 7.14. The third kappa shape index (κ3) is 3.54. The zero-order valence-corrected chi connectivity index (χ0v) is 13.3. The lowest BCUT2D eigenvalue weighted by Crippen LogP contribution is -2.49. The molecule has 24 heavy (non-hydrogen) atoms. The van der Waals surface area contributed by atoms with Crippen LogP contribution in [0.4, 0.5) is 10.1 Å². The van der Waals surface area contributed by atoms with Gasteiger partial charge in [0.25, 0.3) is 0 Å². The van der Waals surface area contributed by atoms with E-state index in [4.69, 9.17) is 0 Å². The summed E-state index contributed by atoms with van der Waals surface area (Å²) in [7, 11) is 0. The van der Waals surface area contributed by atoms with Crippen LogP contribution in [-0.2, 0) is 11.2 Å². The van der Waals surface area contributed by atoms with Crippen molar-refractivity contribution < 1.29 is 9.18 Å². The van der Waals surface area contributed by atoms with E-state index in [1.807, 2.05) is 23.1 Å². The molecule has 5 heteroatoms. The van der Waals surface area contributed by atoms with E-state index in [1.165, 1.54) is 12.1 Å². The molecule has 1 amide bonds. The fourth-order valence-corrected chi connectivity index (χ4v) is 2.93. The summed E-state index contributed by atoms with van der Waals surface area (Å²) in [4.78, 5) is 16.3. The largest absolute Gasteiger partial charge is 0.367 e. The molecule has 4 nitrogen and oxygen atoms in total. The van der Waals surface area contributed by atoms with Gasteiger partial charge in [-0.3, -0.25) is 4.79 Å². The van der Waals surface area contributed by atoms with Gasteiger partial charge in [0.1, 0.15) is 11.9 Å². The van der Waals surface area contributed by atoms with Crippen LogP contribution >= 0.6 is 0 Å². The maximum absolute atomic E-state index is 12.9. The maximum Gasteiger partial charge on any atom is 0.227 e. The minimum Gasteiger partial charge on any atom is -0.367 e. The first-order chi connectivity index (χ1) is 11.7. The fourth-order valence-electron chi connectivity index (χ4n) is 2.93. The van der Waals surface area contributed by atoms with E-state index in [2.05, 4.69) is 11.0 Å². The average molecular weight is 323 g/mol. The first-order valence-electron chi connectivity index (χ1n) is 7.93. The van der Waals surface area contributed by atoms with Crippen molar-refractivity contribution >= 4 is 11.6 Å². The number of nitriles is 1. The first-order valence-corrected chi connectivity index (χ1v) is 7.93. The number of anilines is 1. The predicted molar refractivity (Wildman–Crippen MR) is 90.1 cm³/mol. The summed E-state index contributed by atoms with van der Waals surface area (Å²) in [5.74, 6) is -0.245. The number of halogens is 1. The molecule has 0 bridgehead atoms. The van der Waals surface area contributed by atoms with Crippen molar-refractivity contribution in [3.63, 3.8) is 0 Å². The van der Waals surface area contributed by atoms with E-state index in [0.29, 0.717) is 31.7 Å². The molecule has 0 N–H and O–H groups in total. The normalized spacial score (nSPS) is 14.3. The number of nitrogens with zero attached hydrogens (tertiary/aromatic N) is 3. The number of piperazine rings is 1. The highest BCUT2D eigenvalue weighted by atomic mass is 19.1. The van der Waals surface area contributed by atoms with Gasteiger partial charge in [-0.05, 0) is 29.8 Å². The van der Waals surface area contributed by atoms with E-state index in [9.17, 15) is 14.4 Å². The Morgan fingerprint density at radius 2 is 1.71 bits per heavy atom. The molecule has 0 unspecified atom stereocenters. The number of benzene rings is 2. The van der Waals surface area contributed by atoms with Crippen LogP contribution in [0, 0.1) is 17.1 Å². The van der Waals surface area contributed by atoms with Crippen molar-refractivity contribution in [2.45, 2.75) is 6.42 Å². The molecule has 1 aliphatic heterocycles. The summed E-state index contributed by atoms with van der Waals surface area (Å²) in [5, 5.41) is 9.21. The molecule has 122 valence electrons. The van der Waals surface area contributed by atoms with Crippen molar-refractivity contribution in [2.75, 3.05) is 31.1 Å². The molecule has 1 saturated heterocycles. The molecule has 0 spiro atoms. The summed E-state index contributed by atoms with van der Waals surface area (Å²) in [5.41, 5.74) is 2.40. The highest BCUT2D eigenvalue weighted by molar-refractivity contribution is 5.79. The third-order valence-corrected chi connectivity index (χ3v) is 4.27. The Morgan fingerprint density at radius 1 is 1.04 bits per heavy atom. The van der Waals surface area contributed by atoms with Gasteiger partial charge in [0.2, 0.25) is 5.91 Å². The van der Waals surface area contributed by atoms with Crippen LogP contribution in [0.3, 0.4) is 0 Å². The van der Waals surface area contributed by atoms with Crippen molar-refractivity contribution in [1.82, 2.24) is 4.90 Å². The summed E-state index contributed by atoms with van der Waals surface area (Å²) < 4.78 is 12.9. The Hall–Kier alpha value is -2.87. The van der Waals surface area contributed by atoms with Crippen LogP contribution in [0.5, 0.6) is 0 Å². The predicted octanol–water partition coefficient (Wildman–Crippen LogP) is 2.59. The smallest absolute Gasteiger partial charge is 0.227 e. The van der Waals surface area contributed by atoms with E-state index in [0.717, 1.165) is 11.3 Å². The average Bonchev–Trinajstić information content (AvgIpc) is 2.63. The van der Waals surface area contributed by atoms with Crippen LogP contribution in [0.25, 0.3) is 0 Å². The van der Waals surface area contributed by atoms with Crippen LogP contribution in [0.15, 0.2) is 48.5 Å². The van der Waals surface area contributed by atoms with E-state index >= 15 is 0 Å². The Balaban J connectivity index is 1.59. The van der Waals surface area contributed by atoms with Gasteiger partial charge in [-0.2, -0.15) is 5.26 Å². The Morgan fingerprint density at radius 3 is 2.38 bits per heavy atom. The lowest BCUT2D eigenvalue weighted by atomic mass is 10.1. The molecule has 1 fully saturated rings. The summed E-state index contributed by atoms with van der Waals surface area (Å²) in [6.45, 7) is 2.65. The number of rotatable bonds is 3. The molecule has 3 rings (SSSR count). The molecule has 0 atom stereocenters. The van der Waals surface area contributed by atoms with Gasteiger partial charge < -0.3 is 9.80 Å². The van der Waals surface area contributed by atoms with E-state index in [1.54, 1.807) is 18.2 Å². The summed E-state index contributed by atoms with van der Waals surface area (Å²) in [6.07, 6.45) is 0.287. The van der Waals surface area contributed by atoms with Gasteiger partial charge in [0.05, 0.1) is 17.7 Å². The number of carbonyl (C=O) groups is 1. The minimum absolute atomic E-state index is 0.0508. The van der Waals surface area contributed by atoms with Gasteiger partial charge in [0, 0.05) is 26.2 Å². The van der Waals surface area contributed by atoms with Gasteiger partial charge >= 0.3 is 0 Å². The molecule has 1 aliphatic rings. The minimum atomic E-state index is -0.295. The SMILES string of the molecule is N#Cc1ccccc1N1CCN(C(=O)Cc2ccc(F)cc2)CC1.